The Bertz CT molecular complexity index is 1030. The summed E-state index contributed by atoms with van der Waals surface area (Å²) in [4.78, 5) is 12.1. The van der Waals surface area contributed by atoms with E-state index >= 15 is 0 Å². The standard InChI is InChI=1S/C24H18F2O2/c1-2-3-17-4-6-18(7-5-17)8-9-19-10-12-20(13-11-19)24(27)28-21-14-15-22(25)23(26)16-21/h4-7,10-16H,2-3H2,1H3. The molecular formula is C24H18F2O2. The van der Waals surface area contributed by atoms with E-state index in [-0.39, 0.29) is 5.75 Å². The number of hydrogen-bond donors (Lipinski definition) is 0. The molecule has 0 aromatic heterocycles. The first-order valence-corrected chi connectivity index (χ1v) is 8.93. The number of ether oxygens (including phenoxy) is 1. The van der Waals surface area contributed by atoms with E-state index in [4.69, 9.17) is 4.74 Å². The van der Waals surface area contributed by atoms with Crippen molar-refractivity contribution in [2.24, 2.45) is 0 Å². The number of benzene rings is 3. The third-order valence-electron chi connectivity index (χ3n) is 4.07. The minimum absolute atomic E-state index is 0.0562. The quantitative estimate of drug-likeness (QED) is 0.340. The van der Waals surface area contributed by atoms with Gasteiger partial charge in [0.25, 0.3) is 0 Å². The number of carbonyl (C=O) groups excluding carboxylic acids is 1. The van der Waals surface area contributed by atoms with E-state index in [1.807, 2.05) is 12.1 Å². The lowest BCUT2D eigenvalue weighted by molar-refractivity contribution is 0.0734. The van der Waals surface area contributed by atoms with Gasteiger partial charge in [0.2, 0.25) is 0 Å². The van der Waals surface area contributed by atoms with Gasteiger partial charge in [-0.1, -0.05) is 37.3 Å². The summed E-state index contributed by atoms with van der Waals surface area (Å²) >= 11 is 0. The molecule has 4 heteroatoms. The number of rotatable bonds is 4. The fraction of sp³-hybridized carbons (Fsp3) is 0.125. The van der Waals surface area contributed by atoms with Gasteiger partial charge in [0.1, 0.15) is 5.75 Å². The molecule has 0 aliphatic carbocycles. The molecule has 3 rings (SSSR count). The van der Waals surface area contributed by atoms with E-state index in [0.29, 0.717) is 5.56 Å². The Morgan fingerprint density at radius 2 is 1.46 bits per heavy atom. The first-order chi connectivity index (χ1) is 13.5. The van der Waals surface area contributed by atoms with Crippen LogP contribution >= 0.6 is 0 Å². The summed E-state index contributed by atoms with van der Waals surface area (Å²) in [6.07, 6.45) is 2.16. The van der Waals surface area contributed by atoms with Gasteiger partial charge in [-0.05, 0) is 60.5 Å². The van der Waals surface area contributed by atoms with E-state index in [1.165, 1.54) is 11.6 Å². The Kier molecular flexibility index (Phi) is 6.18. The van der Waals surface area contributed by atoms with Crippen molar-refractivity contribution in [1.82, 2.24) is 0 Å². The van der Waals surface area contributed by atoms with Gasteiger partial charge in [-0.15, -0.1) is 0 Å². The smallest absolute Gasteiger partial charge is 0.343 e. The van der Waals surface area contributed by atoms with Crippen molar-refractivity contribution in [2.45, 2.75) is 19.8 Å². The zero-order valence-electron chi connectivity index (χ0n) is 15.3. The van der Waals surface area contributed by atoms with Crippen molar-refractivity contribution in [3.05, 3.63) is 101 Å². The van der Waals surface area contributed by atoms with E-state index in [1.54, 1.807) is 24.3 Å². The van der Waals surface area contributed by atoms with Crippen LogP contribution in [-0.2, 0) is 6.42 Å². The summed E-state index contributed by atoms with van der Waals surface area (Å²) in [5, 5.41) is 0. The summed E-state index contributed by atoms with van der Waals surface area (Å²) in [6.45, 7) is 2.14. The molecule has 0 radical (unpaired) electrons. The van der Waals surface area contributed by atoms with Crippen LogP contribution in [0.15, 0.2) is 66.7 Å². The van der Waals surface area contributed by atoms with E-state index in [9.17, 15) is 13.6 Å². The normalized spacial score (nSPS) is 10.1. The molecule has 140 valence electrons. The van der Waals surface area contributed by atoms with Gasteiger partial charge in [0.15, 0.2) is 11.6 Å². The Balaban J connectivity index is 1.66. The zero-order chi connectivity index (χ0) is 19.9. The monoisotopic (exact) mass is 376 g/mol. The molecule has 2 nitrogen and oxygen atoms in total. The predicted octanol–water partition coefficient (Wildman–Crippen LogP) is 5.54. The lowest BCUT2D eigenvalue weighted by Gasteiger charge is -2.04. The first kappa shape index (κ1) is 19.3. The van der Waals surface area contributed by atoms with Crippen molar-refractivity contribution in [1.29, 1.82) is 0 Å². The SMILES string of the molecule is CCCc1ccc(C#Cc2ccc(C(=O)Oc3ccc(F)c(F)c3)cc2)cc1. The largest absolute Gasteiger partial charge is 0.423 e. The molecule has 0 amide bonds. The van der Waals surface area contributed by atoms with Crippen LogP contribution in [0.1, 0.15) is 40.4 Å². The van der Waals surface area contributed by atoms with Crippen molar-refractivity contribution in [3.8, 4) is 17.6 Å². The van der Waals surface area contributed by atoms with Gasteiger partial charge in [0.05, 0.1) is 5.56 Å². The molecule has 0 heterocycles. The average Bonchev–Trinajstić information content (AvgIpc) is 2.71. The summed E-state index contributed by atoms with van der Waals surface area (Å²) in [6, 6.07) is 17.6. The third kappa shape index (κ3) is 5.05. The van der Waals surface area contributed by atoms with E-state index in [0.717, 1.165) is 36.1 Å². The second kappa shape index (κ2) is 8.96. The number of aryl methyl sites for hydroxylation is 1. The fourth-order valence-corrected chi connectivity index (χ4v) is 2.58. The highest BCUT2D eigenvalue weighted by molar-refractivity contribution is 5.91. The number of halogens is 2. The summed E-state index contributed by atoms with van der Waals surface area (Å²) in [7, 11) is 0. The van der Waals surface area contributed by atoms with Crippen LogP contribution in [0.3, 0.4) is 0 Å². The molecule has 0 saturated carbocycles. The van der Waals surface area contributed by atoms with Gasteiger partial charge in [-0.25, -0.2) is 13.6 Å². The Labute approximate surface area is 162 Å². The maximum Gasteiger partial charge on any atom is 0.343 e. The van der Waals surface area contributed by atoms with Crippen LogP contribution in [0, 0.1) is 23.5 Å². The highest BCUT2D eigenvalue weighted by Crippen LogP contribution is 2.17. The lowest BCUT2D eigenvalue weighted by Crippen LogP contribution is -2.08. The van der Waals surface area contributed by atoms with Crippen LogP contribution in [0.25, 0.3) is 0 Å². The number of carbonyl (C=O) groups is 1. The molecular weight excluding hydrogens is 358 g/mol. The molecule has 3 aromatic rings. The van der Waals surface area contributed by atoms with Gasteiger partial charge in [-0.3, -0.25) is 0 Å². The molecule has 0 spiro atoms. The van der Waals surface area contributed by atoms with Gasteiger partial charge < -0.3 is 4.74 Å². The van der Waals surface area contributed by atoms with Gasteiger partial charge in [-0.2, -0.15) is 0 Å². The second-order valence-electron chi connectivity index (χ2n) is 6.24. The number of hydrogen-bond acceptors (Lipinski definition) is 2. The minimum atomic E-state index is -1.07. The summed E-state index contributed by atoms with van der Waals surface area (Å²) < 4.78 is 31.2. The lowest BCUT2D eigenvalue weighted by atomic mass is 10.1. The average molecular weight is 376 g/mol. The Hall–Kier alpha value is -3.45. The molecule has 0 aliphatic heterocycles. The maximum absolute atomic E-state index is 13.2. The van der Waals surface area contributed by atoms with Crippen LogP contribution in [-0.4, -0.2) is 5.97 Å². The zero-order valence-corrected chi connectivity index (χ0v) is 15.3. The van der Waals surface area contributed by atoms with Crippen molar-refractivity contribution >= 4 is 5.97 Å². The highest BCUT2D eigenvalue weighted by Gasteiger charge is 2.10. The van der Waals surface area contributed by atoms with Crippen LogP contribution in [0.4, 0.5) is 8.78 Å². The topological polar surface area (TPSA) is 26.3 Å². The van der Waals surface area contributed by atoms with Crippen LogP contribution in [0.2, 0.25) is 0 Å². The fourth-order valence-electron chi connectivity index (χ4n) is 2.58. The molecule has 0 unspecified atom stereocenters. The second-order valence-corrected chi connectivity index (χ2v) is 6.24. The molecule has 0 atom stereocenters. The third-order valence-corrected chi connectivity index (χ3v) is 4.07. The van der Waals surface area contributed by atoms with E-state index in [2.05, 4.69) is 30.9 Å². The van der Waals surface area contributed by atoms with E-state index < -0.39 is 17.6 Å². The molecule has 0 aliphatic rings. The van der Waals surface area contributed by atoms with Crippen molar-refractivity contribution in [2.75, 3.05) is 0 Å². The molecule has 0 N–H and O–H groups in total. The van der Waals surface area contributed by atoms with Crippen LogP contribution in [0.5, 0.6) is 5.75 Å². The predicted molar refractivity (Wildman–Crippen MR) is 104 cm³/mol. The Morgan fingerprint density at radius 1 is 0.857 bits per heavy atom. The molecule has 0 fully saturated rings. The van der Waals surface area contributed by atoms with Crippen molar-refractivity contribution < 1.29 is 18.3 Å². The highest BCUT2D eigenvalue weighted by atomic mass is 19.2. The minimum Gasteiger partial charge on any atom is -0.423 e. The van der Waals surface area contributed by atoms with Crippen LogP contribution < -0.4 is 4.74 Å². The van der Waals surface area contributed by atoms with Gasteiger partial charge >= 0.3 is 5.97 Å². The first-order valence-electron chi connectivity index (χ1n) is 8.93. The molecule has 3 aromatic carbocycles. The maximum atomic E-state index is 13.2. The molecule has 0 bridgehead atoms. The Morgan fingerprint density at radius 3 is 2.04 bits per heavy atom. The van der Waals surface area contributed by atoms with Crippen molar-refractivity contribution in [3.63, 3.8) is 0 Å². The summed E-state index contributed by atoms with van der Waals surface area (Å²) in [5.74, 6) is 3.36. The summed E-state index contributed by atoms with van der Waals surface area (Å²) in [5.41, 5.74) is 3.25. The molecule has 0 saturated heterocycles. The van der Waals surface area contributed by atoms with Gasteiger partial charge in [0, 0.05) is 17.2 Å². The number of esters is 1. The molecule has 28 heavy (non-hydrogen) atoms.